The van der Waals surface area contributed by atoms with Crippen LogP contribution in [0.4, 0.5) is 0 Å². The minimum Gasteiger partial charge on any atom is -0.480 e. The molecule has 94 valence electrons. The maximum absolute atomic E-state index is 11.7. The normalized spacial score (nSPS) is 18.9. The van der Waals surface area contributed by atoms with E-state index in [-0.39, 0.29) is 11.4 Å². The van der Waals surface area contributed by atoms with E-state index in [0.717, 1.165) is 0 Å². The summed E-state index contributed by atoms with van der Waals surface area (Å²) in [5.74, 6) is -1.21. The SMILES string of the molecule is CC(=S)C(=O)NCC(=O)N1CSCC1C(=O)O. The molecule has 1 aliphatic rings. The minimum absolute atomic E-state index is 0.142. The maximum atomic E-state index is 11.7. The molecule has 1 rings (SSSR count). The topological polar surface area (TPSA) is 86.7 Å². The summed E-state index contributed by atoms with van der Waals surface area (Å²) in [6.07, 6.45) is 0. The Hall–Kier alpha value is -1.15. The van der Waals surface area contributed by atoms with Gasteiger partial charge in [-0.3, -0.25) is 9.59 Å². The third kappa shape index (κ3) is 3.67. The third-order valence-electron chi connectivity index (χ3n) is 2.21. The molecule has 2 amide bonds. The molecular weight excluding hydrogens is 264 g/mol. The van der Waals surface area contributed by atoms with Gasteiger partial charge in [-0.05, 0) is 6.92 Å². The Kier molecular flexibility index (Phi) is 4.88. The number of thiocarbonyl (C=S) groups is 1. The van der Waals surface area contributed by atoms with Crippen molar-refractivity contribution in [3.05, 3.63) is 0 Å². The Balaban J connectivity index is 2.50. The van der Waals surface area contributed by atoms with E-state index in [1.807, 2.05) is 0 Å². The van der Waals surface area contributed by atoms with Crippen molar-refractivity contribution in [2.24, 2.45) is 0 Å². The van der Waals surface area contributed by atoms with Crippen molar-refractivity contribution in [2.75, 3.05) is 18.2 Å². The fourth-order valence-corrected chi connectivity index (χ4v) is 2.52. The molecule has 8 heteroatoms. The van der Waals surface area contributed by atoms with Gasteiger partial charge in [0.2, 0.25) is 5.91 Å². The Morgan fingerprint density at radius 2 is 2.18 bits per heavy atom. The van der Waals surface area contributed by atoms with Gasteiger partial charge in [0.05, 0.1) is 17.3 Å². The third-order valence-corrected chi connectivity index (χ3v) is 3.41. The van der Waals surface area contributed by atoms with Crippen LogP contribution >= 0.6 is 24.0 Å². The second-order valence-corrected chi connectivity index (χ2v) is 5.07. The van der Waals surface area contributed by atoms with Gasteiger partial charge in [0.25, 0.3) is 5.91 Å². The predicted octanol–water partition coefficient (Wildman–Crippen LogP) is -0.521. The smallest absolute Gasteiger partial charge is 0.327 e. The predicted molar refractivity (Wildman–Crippen MR) is 66.9 cm³/mol. The average molecular weight is 276 g/mol. The zero-order valence-corrected chi connectivity index (χ0v) is 10.8. The molecule has 0 aromatic rings. The molecule has 6 nitrogen and oxygen atoms in total. The summed E-state index contributed by atoms with van der Waals surface area (Å²) in [5.41, 5.74) is 0. The number of carboxylic acid groups (broad SMARTS) is 1. The number of nitrogens with zero attached hydrogens (tertiary/aromatic N) is 1. The van der Waals surface area contributed by atoms with E-state index in [1.54, 1.807) is 0 Å². The van der Waals surface area contributed by atoms with Gasteiger partial charge >= 0.3 is 5.97 Å². The molecule has 0 radical (unpaired) electrons. The Morgan fingerprint density at radius 3 is 2.71 bits per heavy atom. The quantitative estimate of drug-likeness (QED) is 0.672. The molecule has 0 aromatic heterocycles. The number of carboxylic acids is 1. The molecular formula is C9H12N2O4S2. The first-order valence-corrected chi connectivity index (χ1v) is 6.38. The number of carbonyl (C=O) groups is 3. The van der Waals surface area contributed by atoms with E-state index in [2.05, 4.69) is 17.5 Å². The second kappa shape index (κ2) is 5.97. The molecule has 1 atom stereocenters. The molecule has 17 heavy (non-hydrogen) atoms. The van der Waals surface area contributed by atoms with Crippen LogP contribution in [0.15, 0.2) is 0 Å². The number of nitrogens with one attached hydrogen (secondary N) is 1. The number of rotatable bonds is 4. The van der Waals surface area contributed by atoms with E-state index in [9.17, 15) is 14.4 Å². The van der Waals surface area contributed by atoms with Crippen molar-refractivity contribution < 1.29 is 19.5 Å². The Labute approximate surface area is 108 Å². The second-order valence-electron chi connectivity index (χ2n) is 3.46. The summed E-state index contributed by atoms with van der Waals surface area (Å²) in [7, 11) is 0. The lowest BCUT2D eigenvalue weighted by Gasteiger charge is -2.20. The van der Waals surface area contributed by atoms with Crippen molar-refractivity contribution >= 4 is 46.6 Å². The number of hydrogen-bond acceptors (Lipinski definition) is 5. The lowest BCUT2D eigenvalue weighted by Crippen LogP contribution is -2.46. The summed E-state index contributed by atoms with van der Waals surface area (Å²) >= 11 is 6.01. The van der Waals surface area contributed by atoms with Gasteiger partial charge < -0.3 is 15.3 Å². The fourth-order valence-electron chi connectivity index (χ4n) is 1.27. The zero-order valence-electron chi connectivity index (χ0n) is 9.13. The summed E-state index contributed by atoms with van der Waals surface area (Å²) in [5, 5.41) is 11.2. The van der Waals surface area contributed by atoms with Crippen LogP contribution in [0.3, 0.4) is 0 Å². The van der Waals surface area contributed by atoms with E-state index in [1.165, 1.54) is 23.6 Å². The summed E-state index contributed by atoms with van der Waals surface area (Å²) < 4.78 is 0. The minimum atomic E-state index is -1.03. The number of amides is 2. The van der Waals surface area contributed by atoms with E-state index >= 15 is 0 Å². The van der Waals surface area contributed by atoms with Crippen LogP contribution < -0.4 is 5.32 Å². The van der Waals surface area contributed by atoms with Gasteiger partial charge in [0, 0.05) is 5.75 Å². The number of carbonyl (C=O) groups excluding carboxylic acids is 2. The maximum Gasteiger partial charge on any atom is 0.327 e. The van der Waals surface area contributed by atoms with Crippen LogP contribution in [0, 0.1) is 0 Å². The van der Waals surface area contributed by atoms with Crippen LogP contribution in [-0.2, 0) is 14.4 Å². The Bertz CT molecular complexity index is 372. The number of aliphatic carboxylic acids is 1. The van der Waals surface area contributed by atoms with Crippen LogP contribution in [-0.4, -0.2) is 56.9 Å². The van der Waals surface area contributed by atoms with Gasteiger partial charge in [-0.15, -0.1) is 11.8 Å². The molecule has 1 saturated heterocycles. The van der Waals surface area contributed by atoms with Crippen LogP contribution in [0.1, 0.15) is 6.92 Å². The molecule has 0 spiro atoms. The van der Waals surface area contributed by atoms with Gasteiger partial charge in [-0.2, -0.15) is 0 Å². The first-order valence-electron chi connectivity index (χ1n) is 4.82. The van der Waals surface area contributed by atoms with Crippen LogP contribution in [0.5, 0.6) is 0 Å². The highest BCUT2D eigenvalue weighted by atomic mass is 32.2. The lowest BCUT2D eigenvalue weighted by atomic mass is 10.3. The first kappa shape index (κ1) is 13.9. The molecule has 1 heterocycles. The molecule has 1 fully saturated rings. The van der Waals surface area contributed by atoms with E-state index in [4.69, 9.17) is 5.11 Å². The number of thioether (sulfide) groups is 1. The monoisotopic (exact) mass is 276 g/mol. The highest BCUT2D eigenvalue weighted by Crippen LogP contribution is 2.20. The van der Waals surface area contributed by atoms with Crippen LogP contribution in [0.25, 0.3) is 0 Å². The van der Waals surface area contributed by atoms with E-state index in [0.29, 0.717) is 11.6 Å². The molecule has 1 unspecified atom stereocenters. The Morgan fingerprint density at radius 1 is 1.53 bits per heavy atom. The van der Waals surface area contributed by atoms with Gasteiger partial charge in [0.1, 0.15) is 6.04 Å². The summed E-state index contributed by atoms with van der Waals surface area (Å²) in [6.45, 7) is 1.23. The highest BCUT2D eigenvalue weighted by Gasteiger charge is 2.34. The zero-order chi connectivity index (χ0) is 13.0. The summed E-state index contributed by atoms with van der Waals surface area (Å²) in [6, 6.07) is -0.807. The fraction of sp³-hybridized carbons (Fsp3) is 0.556. The number of hydrogen-bond donors (Lipinski definition) is 2. The molecule has 1 aliphatic heterocycles. The first-order chi connectivity index (χ1) is 7.93. The average Bonchev–Trinajstić information content (AvgIpc) is 2.73. The van der Waals surface area contributed by atoms with Crippen LogP contribution in [0.2, 0.25) is 0 Å². The van der Waals surface area contributed by atoms with Crippen molar-refractivity contribution in [3.8, 4) is 0 Å². The standard InChI is InChI=1S/C9H12N2O4S2/c1-5(16)8(13)10-2-7(12)11-4-17-3-6(11)9(14)15/h6H,2-4H2,1H3,(H,10,13)(H,14,15). The largest absolute Gasteiger partial charge is 0.480 e. The van der Waals surface area contributed by atoms with Crippen molar-refractivity contribution in [2.45, 2.75) is 13.0 Å². The molecule has 0 aromatic carbocycles. The lowest BCUT2D eigenvalue weighted by molar-refractivity contribution is -0.147. The molecule has 0 saturated carbocycles. The summed E-state index contributed by atoms with van der Waals surface area (Å²) in [4.78, 5) is 35.0. The van der Waals surface area contributed by atoms with Crippen molar-refractivity contribution in [3.63, 3.8) is 0 Å². The molecule has 0 aliphatic carbocycles. The molecule has 0 bridgehead atoms. The van der Waals surface area contributed by atoms with Gasteiger partial charge in [-0.25, -0.2) is 4.79 Å². The van der Waals surface area contributed by atoms with Gasteiger partial charge in [0.15, 0.2) is 0 Å². The van der Waals surface area contributed by atoms with Crippen molar-refractivity contribution in [1.29, 1.82) is 0 Å². The highest BCUT2D eigenvalue weighted by molar-refractivity contribution is 7.99. The van der Waals surface area contributed by atoms with Gasteiger partial charge in [-0.1, -0.05) is 12.2 Å². The van der Waals surface area contributed by atoms with Crippen molar-refractivity contribution in [1.82, 2.24) is 10.2 Å². The molecule has 2 N–H and O–H groups in total. The van der Waals surface area contributed by atoms with E-state index < -0.39 is 23.8 Å².